The van der Waals surface area contributed by atoms with Crippen LogP contribution in [0.15, 0.2) is 48.7 Å². The first kappa shape index (κ1) is 21.4. The number of ether oxygens (including phenoxy) is 2. The van der Waals surface area contributed by atoms with Gasteiger partial charge in [0.05, 0.1) is 17.3 Å². The maximum Gasteiger partial charge on any atom is 0.339 e. The van der Waals surface area contributed by atoms with Crippen molar-refractivity contribution in [1.82, 2.24) is 9.97 Å². The highest BCUT2D eigenvalue weighted by Gasteiger charge is 2.15. The lowest BCUT2D eigenvalue weighted by atomic mass is 10.1. The fourth-order valence-corrected chi connectivity index (χ4v) is 2.89. The number of hydrogen-bond donors (Lipinski definition) is 2. The van der Waals surface area contributed by atoms with Crippen LogP contribution in [0.1, 0.15) is 27.2 Å². The summed E-state index contributed by atoms with van der Waals surface area (Å²) < 4.78 is 11.4. The molecule has 0 amide bonds. The molecule has 0 spiro atoms. The van der Waals surface area contributed by atoms with E-state index >= 15 is 0 Å². The molecule has 0 atom stereocenters. The molecule has 0 radical (unpaired) electrons. The van der Waals surface area contributed by atoms with Crippen molar-refractivity contribution in [3.63, 3.8) is 0 Å². The molecule has 2 N–H and O–H groups in total. The van der Waals surface area contributed by atoms with Crippen molar-refractivity contribution >= 4 is 23.5 Å². The zero-order chi connectivity index (χ0) is 21.5. The maximum atomic E-state index is 11.5. The number of carboxylic acid groups (broad SMARTS) is 1. The van der Waals surface area contributed by atoms with E-state index in [0.29, 0.717) is 29.9 Å². The van der Waals surface area contributed by atoms with Gasteiger partial charge in [-0.15, -0.1) is 0 Å². The van der Waals surface area contributed by atoms with Crippen molar-refractivity contribution in [3.8, 4) is 11.5 Å². The molecule has 0 unspecified atom stereocenters. The van der Waals surface area contributed by atoms with Crippen molar-refractivity contribution in [2.45, 2.75) is 20.5 Å². The molecule has 0 saturated carbocycles. The van der Waals surface area contributed by atoms with Gasteiger partial charge < -0.3 is 19.9 Å². The third-order valence-corrected chi connectivity index (χ3v) is 4.81. The Bertz CT molecular complexity index is 1040. The minimum Gasteiger partial charge on any atom is -0.491 e. The van der Waals surface area contributed by atoms with Crippen LogP contribution in [0.3, 0.4) is 0 Å². The fraction of sp³-hybridized carbons (Fsp3) is 0.227. The first-order valence-electron chi connectivity index (χ1n) is 9.35. The van der Waals surface area contributed by atoms with Crippen molar-refractivity contribution in [3.05, 3.63) is 76.1 Å². The van der Waals surface area contributed by atoms with Crippen LogP contribution in [-0.2, 0) is 6.61 Å². The Labute approximate surface area is 179 Å². The number of nitrogens with one attached hydrogen (secondary N) is 1. The third-order valence-electron chi connectivity index (χ3n) is 4.50. The molecule has 0 aliphatic heterocycles. The van der Waals surface area contributed by atoms with Crippen LogP contribution in [0.25, 0.3) is 0 Å². The molecule has 1 heterocycles. The predicted octanol–water partition coefficient (Wildman–Crippen LogP) is 4.51. The molecular weight excluding hydrogens is 406 g/mol. The van der Waals surface area contributed by atoms with Gasteiger partial charge in [-0.3, -0.25) is 0 Å². The van der Waals surface area contributed by atoms with Gasteiger partial charge in [-0.1, -0.05) is 35.9 Å². The van der Waals surface area contributed by atoms with Gasteiger partial charge in [0.25, 0.3) is 0 Å². The number of anilines is 1. The number of aromatic carboxylic acids is 1. The van der Waals surface area contributed by atoms with Crippen LogP contribution in [-0.4, -0.2) is 34.2 Å². The van der Waals surface area contributed by atoms with Gasteiger partial charge in [-0.05, 0) is 43.2 Å². The molecule has 3 aromatic rings. The summed E-state index contributed by atoms with van der Waals surface area (Å²) in [7, 11) is 0. The number of nitrogens with zero attached hydrogens (tertiary/aromatic N) is 2. The summed E-state index contributed by atoms with van der Waals surface area (Å²) in [5.41, 5.74) is 2.48. The zero-order valence-electron chi connectivity index (χ0n) is 16.7. The van der Waals surface area contributed by atoms with Gasteiger partial charge in [-0.2, -0.15) is 0 Å². The van der Waals surface area contributed by atoms with E-state index in [9.17, 15) is 9.90 Å². The Morgan fingerprint density at radius 1 is 1.10 bits per heavy atom. The summed E-state index contributed by atoms with van der Waals surface area (Å²) in [4.78, 5) is 19.8. The number of rotatable bonds is 9. The molecule has 0 aliphatic carbocycles. The molecule has 0 aliphatic rings. The van der Waals surface area contributed by atoms with Crippen LogP contribution in [0.4, 0.5) is 5.95 Å². The van der Waals surface area contributed by atoms with E-state index < -0.39 is 5.97 Å². The molecule has 8 heteroatoms. The fourth-order valence-electron chi connectivity index (χ4n) is 2.70. The molecule has 0 bridgehead atoms. The standard InChI is InChI=1S/C22H22ClN3O4/c1-14-6-5-9-19(15(14)2)29-11-10-24-22-25-12-16(21(27)28)18(26-22)13-30-20-8-4-3-7-17(20)23/h3-9,12H,10-11,13H2,1-2H3,(H,27,28)(H,24,25,26). The molecule has 3 rings (SSSR count). The van der Waals surface area contributed by atoms with E-state index in [4.69, 9.17) is 21.1 Å². The first-order chi connectivity index (χ1) is 14.5. The summed E-state index contributed by atoms with van der Waals surface area (Å²) >= 11 is 6.08. The Balaban J connectivity index is 1.62. The van der Waals surface area contributed by atoms with Gasteiger partial charge >= 0.3 is 5.97 Å². The van der Waals surface area contributed by atoms with Crippen molar-refractivity contribution < 1.29 is 19.4 Å². The average molecular weight is 428 g/mol. The van der Waals surface area contributed by atoms with E-state index in [2.05, 4.69) is 15.3 Å². The second kappa shape index (κ2) is 9.93. The molecule has 30 heavy (non-hydrogen) atoms. The largest absolute Gasteiger partial charge is 0.491 e. The molecule has 2 aromatic carbocycles. The van der Waals surface area contributed by atoms with Crippen molar-refractivity contribution in [2.24, 2.45) is 0 Å². The van der Waals surface area contributed by atoms with Gasteiger partial charge in [0.15, 0.2) is 0 Å². The van der Waals surface area contributed by atoms with E-state index in [0.717, 1.165) is 16.9 Å². The van der Waals surface area contributed by atoms with E-state index in [-0.39, 0.29) is 17.9 Å². The molecule has 1 aromatic heterocycles. The van der Waals surface area contributed by atoms with Gasteiger partial charge in [-0.25, -0.2) is 14.8 Å². The Morgan fingerprint density at radius 2 is 1.87 bits per heavy atom. The van der Waals surface area contributed by atoms with Crippen molar-refractivity contribution in [2.75, 3.05) is 18.5 Å². The topological polar surface area (TPSA) is 93.6 Å². The predicted molar refractivity (Wildman–Crippen MR) is 115 cm³/mol. The van der Waals surface area contributed by atoms with Crippen LogP contribution in [0.2, 0.25) is 5.02 Å². The van der Waals surface area contributed by atoms with E-state index in [1.165, 1.54) is 6.20 Å². The second-order valence-corrected chi connectivity index (χ2v) is 6.96. The van der Waals surface area contributed by atoms with Gasteiger partial charge in [0.2, 0.25) is 5.95 Å². The zero-order valence-corrected chi connectivity index (χ0v) is 17.4. The molecule has 7 nitrogen and oxygen atoms in total. The quantitative estimate of drug-likeness (QED) is 0.485. The number of benzene rings is 2. The number of halogens is 1. The van der Waals surface area contributed by atoms with E-state index in [1.807, 2.05) is 32.0 Å². The monoisotopic (exact) mass is 427 g/mol. The smallest absolute Gasteiger partial charge is 0.339 e. The number of carboxylic acids is 1. The lowest BCUT2D eigenvalue weighted by Gasteiger charge is -2.13. The summed E-state index contributed by atoms with van der Waals surface area (Å²) in [6, 6.07) is 12.9. The number of carbonyl (C=O) groups is 1. The minimum atomic E-state index is -1.13. The second-order valence-electron chi connectivity index (χ2n) is 6.55. The summed E-state index contributed by atoms with van der Waals surface area (Å²) in [5.74, 6) is 0.443. The Kier molecular flexibility index (Phi) is 7.08. The average Bonchev–Trinajstić information content (AvgIpc) is 2.73. The van der Waals surface area contributed by atoms with E-state index in [1.54, 1.807) is 24.3 Å². The lowest BCUT2D eigenvalue weighted by Crippen LogP contribution is -2.16. The summed E-state index contributed by atoms with van der Waals surface area (Å²) in [5, 5.41) is 12.9. The summed E-state index contributed by atoms with van der Waals surface area (Å²) in [6.07, 6.45) is 1.26. The lowest BCUT2D eigenvalue weighted by molar-refractivity contribution is 0.0692. The molecular formula is C22H22ClN3O4. The van der Waals surface area contributed by atoms with Gasteiger partial charge in [0.1, 0.15) is 30.3 Å². The Morgan fingerprint density at radius 3 is 2.63 bits per heavy atom. The van der Waals surface area contributed by atoms with Crippen LogP contribution >= 0.6 is 11.6 Å². The Hall–Kier alpha value is -3.32. The van der Waals surface area contributed by atoms with Crippen LogP contribution in [0, 0.1) is 13.8 Å². The van der Waals surface area contributed by atoms with Crippen LogP contribution < -0.4 is 14.8 Å². The molecule has 0 fully saturated rings. The number of aromatic nitrogens is 2. The van der Waals surface area contributed by atoms with Crippen LogP contribution in [0.5, 0.6) is 11.5 Å². The highest BCUT2D eigenvalue weighted by atomic mass is 35.5. The first-order valence-corrected chi connectivity index (χ1v) is 9.73. The number of aryl methyl sites for hydroxylation is 1. The van der Waals surface area contributed by atoms with Gasteiger partial charge in [0, 0.05) is 6.20 Å². The van der Waals surface area contributed by atoms with Crippen molar-refractivity contribution in [1.29, 1.82) is 0 Å². The number of para-hydroxylation sites is 1. The third kappa shape index (κ3) is 5.39. The maximum absolute atomic E-state index is 11.5. The highest BCUT2D eigenvalue weighted by Crippen LogP contribution is 2.24. The SMILES string of the molecule is Cc1cccc(OCCNc2ncc(C(=O)O)c(COc3ccccc3Cl)n2)c1C. The summed E-state index contributed by atoms with van der Waals surface area (Å²) in [6.45, 7) is 4.84. The molecule has 0 saturated heterocycles. The minimum absolute atomic E-state index is 0.0285. The normalized spacial score (nSPS) is 10.5. The highest BCUT2D eigenvalue weighted by molar-refractivity contribution is 6.32. The number of hydrogen-bond acceptors (Lipinski definition) is 6. The molecule has 156 valence electrons.